The molecule has 0 aliphatic heterocycles. The molecule has 0 nitrogen and oxygen atoms in total. The summed E-state index contributed by atoms with van der Waals surface area (Å²) >= 11 is 12.1. The molecule has 0 heterocycles. The Morgan fingerprint density at radius 2 is 1.92 bits per heavy atom. The second-order valence-electron chi connectivity index (χ2n) is 3.06. The van der Waals surface area contributed by atoms with Gasteiger partial charge in [0.05, 0.1) is 0 Å². The Balaban J connectivity index is 3.04. The molecule has 0 fully saturated rings. The lowest BCUT2D eigenvalue weighted by Crippen LogP contribution is -1.94. The van der Waals surface area contributed by atoms with Crippen molar-refractivity contribution in [3.05, 3.63) is 46.5 Å². The highest BCUT2D eigenvalue weighted by Crippen LogP contribution is 2.32. The van der Waals surface area contributed by atoms with Crippen LogP contribution < -0.4 is 0 Å². The zero-order valence-electron chi connectivity index (χ0n) is 7.56. The van der Waals surface area contributed by atoms with Gasteiger partial charge < -0.3 is 0 Å². The van der Waals surface area contributed by atoms with Crippen LogP contribution in [0.25, 0.3) is 0 Å². The fourth-order valence-electron chi connectivity index (χ4n) is 1.35. The van der Waals surface area contributed by atoms with Crippen molar-refractivity contribution < 1.29 is 0 Å². The summed E-state index contributed by atoms with van der Waals surface area (Å²) in [6.45, 7) is 5.79. The third-order valence-electron chi connectivity index (χ3n) is 2.01. The molecule has 0 saturated carbocycles. The Kier molecular flexibility index (Phi) is 3.83. The Labute approximate surface area is 89.2 Å². The molecule has 0 bridgehead atoms. The van der Waals surface area contributed by atoms with Crippen LogP contribution in [0.15, 0.2) is 30.9 Å². The van der Waals surface area contributed by atoms with Crippen LogP contribution in [0.1, 0.15) is 24.8 Å². The van der Waals surface area contributed by atoms with Gasteiger partial charge in [-0.25, -0.2) is 0 Å². The Morgan fingerprint density at radius 3 is 2.38 bits per heavy atom. The normalized spacial score (nSPS) is 12.5. The smallest absolute Gasteiger partial charge is 0.0455 e. The van der Waals surface area contributed by atoms with E-state index in [1.165, 1.54) is 0 Å². The van der Waals surface area contributed by atoms with Gasteiger partial charge in [0.1, 0.15) is 0 Å². The first kappa shape index (κ1) is 10.6. The van der Waals surface area contributed by atoms with E-state index in [4.69, 9.17) is 23.2 Å². The molecule has 0 amide bonds. The van der Waals surface area contributed by atoms with E-state index in [1.54, 1.807) is 0 Å². The Bertz CT molecular complexity index is 285. The van der Waals surface area contributed by atoms with Gasteiger partial charge in [0.15, 0.2) is 0 Å². The zero-order valence-corrected chi connectivity index (χ0v) is 9.07. The minimum Gasteiger partial charge on any atom is -0.103 e. The van der Waals surface area contributed by atoms with Gasteiger partial charge in [-0.3, -0.25) is 0 Å². The molecule has 0 N–H and O–H groups in total. The maximum atomic E-state index is 6.04. The number of hydrogen-bond donors (Lipinski definition) is 0. The van der Waals surface area contributed by atoms with Crippen LogP contribution in [-0.4, -0.2) is 0 Å². The van der Waals surface area contributed by atoms with Crippen LogP contribution in [0.2, 0.25) is 10.0 Å². The van der Waals surface area contributed by atoms with Crippen LogP contribution in [-0.2, 0) is 0 Å². The van der Waals surface area contributed by atoms with Gasteiger partial charge in [-0.15, -0.1) is 6.58 Å². The number of halogens is 2. The molecule has 0 aromatic heterocycles. The first-order chi connectivity index (χ1) is 6.16. The number of benzene rings is 1. The van der Waals surface area contributed by atoms with Crippen LogP contribution >= 0.6 is 23.2 Å². The Hall–Kier alpha value is -0.460. The highest BCUT2D eigenvalue weighted by atomic mass is 35.5. The quantitative estimate of drug-likeness (QED) is 0.642. The standard InChI is InChI=1S/C11H12Cl2/c1-3-5-8(2)11-9(12)6-4-7-10(11)13/h3-4,6-8H,1,5H2,2H3. The molecular weight excluding hydrogens is 203 g/mol. The molecule has 1 rings (SSSR count). The molecule has 1 aromatic rings. The van der Waals surface area contributed by atoms with Crippen LogP contribution in [0.3, 0.4) is 0 Å². The molecule has 0 radical (unpaired) electrons. The Morgan fingerprint density at radius 1 is 1.38 bits per heavy atom. The summed E-state index contributed by atoms with van der Waals surface area (Å²) in [4.78, 5) is 0. The van der Waals surface area contributed by atoms with E-state index < -0.39 is 0 Å². The zero-order chi connectivity index (χ0) is 9.84. The van der Waals surface area contributed by atoms with Crippen molar-refractivity contribution in [3.63, 3.8) is 0 Å². The summed E-state index contributed by atoms with van der Waals surface area (Å²) in [7, 11) is 0. The summed E-state index contributed by atoms with van der Waals surface area (Å²) in [6.07, 6.45) is 2.77. The first-order valence-electron chi connectivity index (χ1n) is 4.21. The van der Waals surface area contributed by atoms with Gasteiger partial charge in [-0.2, -0.15) is 0 Å². The average Bonchev–Trinajstić information content (AvgIpc) is 2.04. The fourth-order valence-corrected chi connectivity index (χ4v) is 2.12. The monoisotopic (exact) mass is 214 g/mol. The SMILES string of the molecule is C=CCC(C)c1c(Cl)cccc1Cl. The predicted molar refractivity (Wildman–Crippen MR) is 59.7 cm³/mol. The molecule has 0 aliphatic carbocycles. The minimum absolute atomic E-state index is 0.332. The lowest BCUT2D eigenvalue weighted by atomic mass is 9.98. The minimum atomic E-state index is 0.332. The van der Waals surface area contributed by atoms with Crippen molar-refractivity contribution in [1.29, 1.82) is 0 Å². The molecular formula is C11H12Cl2. The van der Waals surface area contributed by atoms with Crippen LogP contribution in [0, 0.1) is 0 Å². The molecule has 1 atom stereocenters. The van der Waals surface area contributed by atoms with Crippen molar-refractivity contribution in [3.8, 4) is 0 Å². The van der Waals surface area contributed by atoms with Gasteiger partial charge in [-0.1, -0.05) is 42.3 Å². The van der Waals surface area contributed by atoms with E-state index >= 15 is 0 Å². The summed E-state index contributed by atoms with van der Waals surface area (Å²) in [5.74, 6) is 0.332. The van der Waals surface area contributed by atoms with Crippen LogP contribution in [0.5, 0.6) is 0 Å². The molecule has 2 heteroatoms. The maximum absolute atomic E-state index is 6.04. The van der Waals surface area contributed by atoms with E-state index in [9.17, 15) is 0 Å². The summed E-state index contributed by atoms with van der Waals surface area (Å²) < 4.78 is 0. The molecule has 0 saturated heterocycles. The third-order valence-corrected chi connectivity index (χ3v) is 2.67. The van der Waals surface area contributed by atoms with Crippen molar-refractivity contribution in [2.75, 3.05) is 0 Å². The van der Waals surface area contributed by atoms with E-state index in [2.05, 4.69) is 13.5 Å². The summed E-state index contributed by atoms with van der Waals surface area (Å²) in [5, 5.41) is 1.48. The molecule has 0 aliphatic rings. The van der Waals surface area contributed by atoms with Crippen LogP contribution in [0.4, 0.5) is 0 Å². The average molecular weight is 215 g/mol. The molecule has 1 aromatic carbocycles. The molecule has 1 unspecified atom stereocenters. The van der Waals surface area contributed by atoms with Crippen molar-refractivity contribution in [2.45, 2.75) is 19.3 Å². The summed E-state index contributed by atoms with van der Waals surface area (Å²) in [6, 6.07) is 5.58. The fraction of sp³-hybridized carbons (Fsp3) is 0.273. The highest BCUT2D eigenvalue weighted by Gasteiger charge is 2.11. The van der Waals surface area contributed by atoms with Gasteiger partial charge in [0, 0.05) is 10.0 Å². The number of hydrogen-bond acceptors (Lipinski definition) is 0. The predicted octanol–water partition coefficient (Wildman–Crippen LogP) is 4.67. The number of rotatable bonds is 3. The second-order valence-corrected chi connectivity index (χ2v) is 3.88. The van der Waals surface area contributed by atoms with E-state index in [0.29, 0.717) is 5.92 Å². The maximum Gasteiger partial charge on any atom is 0.0455 e. The van der Waals surface area contributed by atoms with Gasteiger partial charge in [0.25, 0.3) is 0 Å². The lowest BCUT2D eigenvalue weighted by molar-refractivity contribution is 0.782. The third kappa shape index (κ3) is 2.49. The lowest BCUT2D eigenvalue weighted by Gasteiger charge is -2.12. The van der Waals surface area contributed by atoms with E-state index in [-0.39, 0.29) is 0 Å². The summed E-state index contributed by atoms with van der Waals surface area (Å²) in [5.41, 5.74) is 1.02. The van der Waals surface area contributed by atoms with Crippen molar-refractivity contribution in [2.24, 2.45) is 0 Å². The molecule has 70 valence electrons. The largest absolute Gasteiger partial charge is 0.103 e. The second kappa shape index (κ2) is 4.69. The van der Waals surface area contributed by atoms with Gasteiger partial charge in [0.2, 0.25) is 0 Å². The van der Waals surface area contributed by atoms with E-state index in [1.807, 2.05) is 24.3 Å². The molecule has 13 heavy (non-hydrogen) atoms. The highest BCUT2D eigenvalue weighted by molar-refractivity contribution is 6.36. The number of allylic oxidation sites excluding steroid dienone is 1. The van der Waals surface area contributed by atoms with Gasteiger partial charge in [-0.05, 0) is 30.0 Å². The topological polar surface area (TPSA) is 0 Å². The first-order valence-corrected chi connectivity index (χ1v) is 4.97. The molecule has 0 spiro atoms. The van der Waals surface area contributed by atoms with Crippen molar-refractivity contribution in [1.82, 2.24) is 0 Å². The van der Waals surface area contributed by atoms with E-state index in [0.717, 1.165) is 22.0 Å². The van der Waals surface area contributed by atoms with Gasteiger partial charge >= 0.3 is 0 Å². The van der Waals surface area contributed by atoms with Crippen molar-refractivity contribution >= 4 is 23.2 Å².